The fourth-order valence-corrected chi connectivity index (χ4v) is 2.54. The molecule has 3 nitrogen and oxygen atoms in total. The van der Waals surface area contributed by atoms with Gasteiger partial charge in [-0.1, -0.05) is 0 Å². The standard InChI is InChI=1S/C10H17NO2/c1-13-8-2-4-10(5-3-8)6-9(12)11-7-10/h8H,2-7H2,1H3,(H,11,12). The third-order valence-electron chi connectivity index (χ3n) is 3.52. The first-order valence-corrected chi connectivity index (χ1v) is 5.04. The van der Waals surface area contributed by atoms with E-state index in [1.165, 1.54) is 0 Å². The van der Waals surface area contributed by atoms with Crippen molar-refractivity contribution in [2.24, 2.45) is 5.41 Å². The Kier molecular flexibility index (Phi) is 2.28. The van der Waals surface area contributed by atoms with Gasteiger partial charge >= 0.3 is 0 Å². The number of hydrogen-bond acceptors (Lipinski definition) is 2. The molecule has 3 heteroatoms. The summed E-state index contributed by atoms with van der Waals surface area (Å²) >= 11 is 0. The number of methoxy groups -OCH3 is 1. The van der Waals surface area contributed by atoms with Crippen molar-refractivity contribution < 1.29 is 9.53 Å². The van der Waals surface area contributed by atoms with Crippen LogP contribution in [0.2, 0.25) is 0 Å². The van der Waals surface area contributed by atoms with Crippen molar-refractivity contribution in [3.63, 3.8) is 0 Å². The largest absolute Gasteiger partial charge is 0.381 e. The average Bonchev–Trinajstić information content (AvgIpc) is 2.49. The Morgan fingerprint density at radius 3 is 2.62 bits per heavy atom. The quantitative estimate of drug-likeness (QED) is 0.660. The lowest BCUT2D eigenvalue weighted by molar-refractivity contribution is -0.120. The Hall–Kier alpha value is -0.570. The first-order chi connectivity index (χ1) is 6.24. The summed E-state index contributed by atoms with van der Waals surface area (Å²) in [4.78, 5) is 11.1. The number of carbonyl (C=O) groups is 1. The zero-order valence-electron chi connectivity index (χ0n) is 8.14. The number of ether oxygens (including phenoxy) is 1. The van der Waals surface area contributed by atoms with Crippen LogP contribution in [0.1, 0.15) is 32.1 Å². The molecule has 1 saturated heterocycles. The fraction of sp³-hybridized carbons (Fsp3) is 0.900. The lowest BCUT2D eigenvalue weighted by atomic mass is 9.72. The van der Waals surface area contributed by atoms with Crippen LogP contribution in [0.15, 0.2) is 0 Å². The zero-order chi connectivity index (χ0) is 9.31. The molecule has 2 rings (SSSR count). The van der Waals surface area contributed by atoms with Crippen LogP contribution in [-0.4, -0.2) is 25.7 Å². The van der Waals surface area contributed by atoms with Gasteiger partial charge in [0.25, 0.3) is 0 Å². The van der Waals surface area contributed by atoms with E-state index in [1.807, 2.05) is 0 Å². The molecule has 0 radical (unpaired) electrons. The molecule has 13 heavy (non-hydrogen) atoms. The van der Waals surface area contributed by atoms with E-state index in [9.17, 15) is 4.79 Å². The van der Waals surface area contributed by atoms with Crippen molar-refractivity contribution in [1.82, 2.24) is 5.32 Å². The molecule has 0 bridgehead atoms. The molecule has 74 valence electrons. The second kappa shape index (κ2) is 3.29. The predicted octanol–water partition coefficient (Wildman–Crippen LogP) is 1.08. The second-order valence-electron chi connectivity index (χ2n) is 4.39. The smallest absolute Gasteiger partial charge is 0.220 e. The van der Waals surface area contributed by atoms with Crippen LogP contribution in [0.25, 0.3) is 0 Å². The Bertz CT molecular complexity index is 207. The van der Waals surface area contributed by atoms with Crippen LogP contribution in [0.3, 0.4) is 0 Å². The average molecular weight is 183 g/mol. The van der Waals surface area contributed by atoms with E-state index in [1.54, 1.807) is 7.11 Å². The number of hydrogen-bond donors (Lipinski definition) is 1. The minimum absolute atomic E-state index is 0.232. The minimum atomic E-state index is 0.232. The van der Waals surface area contributed by atoms with Crippen molar-refractivity contribution in [3.05, 3.63) is 0 Å². The van der Waals surface area contributed by atoms with Gasteiger partial charge in [0.15, 0.2) is 0 Å². The summed E-state index contributed by atoms with van der Waals surface area (Å²) in [7, 11) is 1.78. The van der Waals surface area contributed by atoms with Crippen molar-refractivity contribution in [2.45, 2.75) is 38.2 Å². The van der Waals surface area contributed by atoms with Gasteiger partial charge in [-0.05, 0) is 31.1 Å². The molecule has 1 spiro atoms. The molecule has 0 aromatic carbocycles. The summed E-state index contributed by atoms with van der Waals surface area (Å²) in [6.07, 6.45) is 5.69. The van der Waals surface area contributed by atoms with E-state index in [-0.39, 0.29) is 11.3 Å². The number of rotatable bonds is 1. The monoisotopic (exact) mass is 183 g/mol. The molecule has 1 amide bonds. The lowest BCUT2D eigenvalue weighted by Crippen LogP contribution is -2.32. The molecule has 2 fully saturated rings. The SMILES string of the molecule is COC1CCC2(CC1)CNC(=O)C2. The summed E-state index contributed by atoms with van der Waals surface area (Å²) in [5.41, 5.74) is 0.284. The molecule has 1 N–H and O–H groups in total. The van der Waals surface area contributed by atoms with Crippen LogP contribution < -0.4 is 5.32 Å². The van der Waals surface area contributed by atoms with E-state index in [2.05, 4.69) is 5.32 Å². The Morgan fingerprint density at radius 2 is 2.15 bits per heavy atom. The van der Waals surface area contributed by atoms with Gasteiger partial charge in [-0.25, -0.2) is 0 Å². The topological polar surface area (TPSA) is 38.3 Å². The molecular formula is C10H17NO2. The van der Waals surface area contributed by atoms with Gasteiger partial charge in [-0.2, -0.15) is 0 Å². The highest BCUT2D eigenvalue weighted by Gasteiger charge is 2.41. The number of amides is 1. The fourth-order valence-electron chi connectivity index (χ4n) is 2.54. The van der Waals surface area contributed by atoms with Gasteiger partial charge in [-0.15, -0.1) is 0 Å². The third kappa shape index (κ3) is 1.70. The molecule has 0 unspecified atom stereocenters. The van der Waals surface area contributed by atoms with Gasteiger partial charge < -0.3 is 10.1 Å². The molecule has 0 atom stereocenters. The summed E-state index contributed by atoms with van der Waals surface area (Å²) in [6.45, 7) is 0.891. The first kappa shape index (κ1) is 9.00. The molecule has 1 aliphatic heterocycles. The number of nitrogens with one attached hydrogen (secondary N) is 1. The zero-order valence-corrected chi connectivity index (χ0v) is 8.14. The first-order valence-electron chi connectivity index (χ1n) is 5.04. The lowest BCUT2D eigenvalue weighted by Gasteiger charge is -2.35. The normalized spacial score (nSPS) is 39.5. The van der Waals surface area contributed by atoms with Crippen molar-refractivity contribution in [3.8, 4) is 0 Å². The van der Waals surface area contributed by atoms with Crippen molar-refractivity contribution in [2.75, 3.05) is 13.7 Å². The van der Waals surface area contributed by atoms with E-state index in [0.29, 0.717) is 6.10 Å². The highest BCUT2D eigenvalue weighted by atomic mass is 16.5. The van der Waals surface area contributed by atoms with Crippen LogP contribution in [0.4, 0.5) is 0 Å². The van der Waals surface area contributed by atoms with Gasteiger partial charge in [0, 0.05) is 20.1 Å². The highest BCUT2D eigenvalue weighted by molar-refractivity contribution is 5.79. The summed E-state index contributed by atoms with van der Waals surface area (Å²) in [6, 6.07) is 0. The summed E-state index contributed by atoms with van der Waals surface area (Å²) in [5, 5.41) is 2.93. The summed E-state index contributed by atoms with van der Waals surface area (Å²) < 4.78 is 5.32. The molecule has 1 aliphatic carbocycles. The molecule has 2 aliphatic rings. The Labute approximate surface area is 78.8 Å². The molecule has 0 aromatic heterocycles. The number of carbonyl (C=O) groups excluding carboxylic acids is 1. The van der Waals surface area contributed by atoms with E-state index in [0.717, 1.165) is 38.6 Å². The van der Waals surface area contributed by atoms with Crippen LogP contribution in [0, 0.1) is 5.41 Å². The van der Waals surface area contributed by atoms with E-state index in [4.69, 9.17) is 4.74 Å². The molecule has 1 heterocycles. The maximum Gasteiger partial charge on any atom is 0.220 e. The van der Waals surface area contributed by atoms with Crippen LogP contribution >= 0.6 is 0 Å². The van der Waals surface area contributed by atoms with Crippen LogP contribution in [-0.2, 0) is 9.53 Å². The van der Waals surface area contributed by atoms with Crippen molar-refractivity contribution >= 4 is 5.91 Å². The summed E-state index contributed by atoms with van der Waals surface area (Å²) in [5.74, 6) is 0.232. The second-order valence-corrected chi connectivity index (χ2v) is 4.39. The Morgan fingerprint density at radius 1 is 1.46 bits per heavy atom. The maximum absolute atomic E-state index is 11.1. The Balaban J connectivity index is 1.93. The van der Waals surface area contributed by atoms with Gasteiger partial charge in [0.1, 0.15) is 0 Å². The van der Waals surface area contributed by atoms with Crippen LogP contribution in [0.5, 0.6) is 0 Å². The van der Waals surface area contributed by atoms with E-state index < -0.39 is 0 Å². The highest BCUT2D eigenvalue weighted by Crippen LogP contribution is 2.41. The molecule has 0 aromatic rings. The van der Waals surface area contributed by atoms with Gasteiger partial charge in [0.2, 0.25) is 5.91 Å². The van der Waals surface area contributed by atoms with Gasteiger partial charge in [-0.3, -0.25) is 4.79 Å². The third-order valence-corrected chi connectivity index (χ3v) is 3.52. The van der Waals surface area contributed by atoms with Gasteiger partial charge in [0.05, 0.1) is 6.10 Å². The maximum atomic E-state index is 11.1. The predicted molar refractivity (Wildman–Crippen MR) is 49.3 cm³/mol. The molecular weight excluding hydrogens is 166 g/mol. The minimum Gasteiger partial charge on any atom is -0.381 e. The van der Waals surface area contributed by atoms with E-state index >= 15 is 0 Å². The molecule has 1 saturated carbocycles. The van der Waals surface area contributed by atoms with Crippen molar-refractivity contribution in [1.29, 1.82) is 0 Å².